The first-order valence-electron chi connectivity index (χ1n) is 9.36. The highest BCUT2D eigenvalue weighted by molar-refractivity contribution is 6.30. The Bertz CT molecular complexity index is 982. The Morgan fingerprint density at radius 1 is 1.18 bits per heavy atom. The molecule has 28 heavy (non-hydrogen) atoms. The zero-order valence-corrected chi connectivity index (χ0v) is 16.5. The zero-order valence-electron chi connectivity index (χ0n) is 15.7. The fraction of sp³-hybridized carbons (Fsp3) is 0.350. The van der Waals surface area contributed by atoms with Gasteiger partial charge >= 0.3 is 5.97 Å². The molecule has 1 aliphatic heterocycles. The summed E-state index contributed by atoms with van der Waals surface area (Å²) in [6, 6.07) is 7.30. The second-order valence-corrected chi connectivity index (χ2v) is 7.14. The lowest BCUT2D eigenvalue weighted by Gasteiger charge is -2.35. The molecule has 0 spiro atoms. The van der Waals surface area contributed by atoms with E-state index in [0.717, 1.165) is 44.1 Å². The predicted octanol–water partition coefficient (Wildman–Crippen LogP) is 2.88. The Morgan fingerprint density at radius 3 is 2.79 bits per heavy atom. The van der Waals surface area contributed by atoms with Crippen molar-refractivity contribution in [3.63, 3.8) is 0 Å². The number of aromatic nitrogens is 3. The summed E-state index contributed by atoms with van der Waals surface area (Å²) in [5, 5.41) is 0.692. The Labute approximate surface area is 168 Å². The summed E-state index contributed by atoms with van der Waals surface area (Å²) < 4.78 is 7.11. The van der Waals surface area contributed by atoms with Gasteiger partial charge in [-0.1, -0.05) is 11.6 Å². The molecule has 1 fully saturated rings. The largest absolute Gasteiger partial charge is 0.462 e. The standard InChI is InChI=1S/C20H22ClN5O2/c1-2-28-20(27)17-4-3-7-22-19(17)25-10-8-24(9-11-25)13-16-14-26-12-15(21)5-6-18(26)23-16/h3-7,12,14H,2,8-11,13H2,1H3. The second kappa shape index (κ2) is 8.16. The average molecular weight is 400 g/mol. The molecule has 7 nitrogen and oxygen atoms in total. The predicted molar refractivity (Wildman–Crippen MR) is 108 cm³/mol. The molecule has 0 aliphatic carbocycles. The van der Waals surface area contributed by atoms with Crippen LogP contribution >= 0.6 is 11.6 Å². The third-order valence-corrected chi connectivity index (χ3v) is 5.03. The van der Waals surface area contributed by atoms with Gasteiger partial charge in [0.15, 0.2) is 0 Å². The number of hydrogen-bond donors (Lipinski definition) is 0. The first kappa shape index (κ1) is 18.7. The fourth-order valence-electron chi connectivity index (χ4n) is 3.46. The SMILES string of the molecule is CCOC(=O)c1cccnc1N1CCN(Cc2cn3cc(Cl)ccc3n2)CC1. The van der Waals surface area contributed by atoms with E-state index in [4.69, 9.17) is 16.3 Å². The third-order valence-electron chi connectivity index (χ3n) is 4.80. The second-order valence-electron chi connectivity index (χ2n) is 6.70. The van der Waals surface area contributed by atoms with E-state index in [2.05, 4.69) is 19.8 Å². The van der Waals surface area contributed by atoms with Crippen molar-refractivity contribution in [3.8, 4) is 0 Å². The molecule has 3 aromatic rings. The number of imidazole rings is 1. The molecule has 0 bridgehead atoms. The zero-order chi connectivity index (χ0) is 19.5. The maximum absolute atomic E-state index is 12.2. The van der Waals surface area contributed by atoms with Crippen LogP contribution in [0.15, 0.2) is 42.9 Å². The van der Waals surface area contributed by atoms with Crippen LogP contribution in [0.2, 0.25) is 5.02 Å². The number of nitrogens with zero attached hydrogens (tertiary/aromatic N) is 5. The van der Waals surface area contributed by atoms with E-state index in [-0.39, 0.29) is 5.97 Å². The first-order chi connectivity index (χ1) is 13.6. The van der Waals surface area contributed by atoms with E-state index in [1.807, 2.05) is 28.9 Å². The molecule has 0 amide bonds. The number of piperazine rings is 1. The highest BCUT2D eigenvalue weighted by Gasteiger charge is 2.23. The molecule has 4 heterocycles. The number of pyridine rings is 2. The van der Waals surface area contributed by atoms with Gasteiger partial charge in [-0.15, -0.1) is 0 Å². The smallest absolute Gasteiger partial charge is 0.341 e. The molecule has 3 aromatic heterocycles. The Hall–Kier alpha value is -2.64. The molecular weight excluding hydrogens is 378 g/mol. The number of esters is 1. The molecule has 0 unspecified atom stereocenters. The van der Waals surface area contributed by atoms with Gasteiger partial charge in [0.1, 0.15) is 17.0 Å². The van der Waals surface area contributed by atoms with E-state index in [9.17, 15) is 4.79 Å². The summed E-state index contributed by atoms with van der Waals surface area (Å²) in [6.07, 6.45) is 5.60. The number of fused-ring (bicyclic) bond motifs is 1. The molecule has 8 heteroatoms. The van der Waals surface area contributed by atoms with E-state index in [0.29, 0.717) is 23.0 Å². The van der Waals surface area contributed by atoms with Crippen LogP contribution in [0.1, 0.15) is 23.0 Å². The van der Waals surface area contributed by atoms with Crippen molar-refractivity contribution >= 4 is 29.0 Å². The molecule has 1 aliphatic rings. The fourth-order valence-corrected chi connectivity index (χ4v) is 3.63. The van der Waals surface area contributed by atoms with Crippen LogP contribution in [0.4, 0.5) is 5.82 Å². The Morgan fingerprint density at radius 2 is 2.00 bits per heavy atom. The van der Waals surface area contributed by atoms with Gasteiger partial charge in [0, 0.05) is 51.3 Å². The Balaban J connectivity index is 1.41. The summed E-state index contributed by atoms with van der Waals surface area (Å²) in [6.45, 7) is 6.26. The van der Waals surface area contributed by atoms with E-state index in [1.54, 1.807) is 25.3 Å². The van der Waals surface area contributed by atoms with Crippen molar-refractivity contribution < 1.29 is 9.53 Å². The van der Waals surface area contributed by atoms with Gasteiger partial charge in [-0.3, -0.25) is 4.90 Å². The van der Waals surface area contributed by atoms with Crippen molar-refractivity contribution in [2.75, 3.05) is 37.7 Å². The minimum absolute atomic E-state index is 0.323. The van der Waals surface area contributed by atoms with Gasteiger partial charge < -0.3 is 14.0 Å². The van der Waals surface area contributed by atoms with E-state index < -0.39 is 0 Å². The lowest BCUT2D eigenvalue weighted by atomic mass is 10.2. The number of hydrogen-bond acceptors (Lipinski definition) is 6. The van der Waals surface area contributed by atoms with Gasteiger partial charge in [-0.25, -0.2) is 14.8 Å². The molecule has 0 aromatic carbocycles. The van der Waals surface area contributed by atoms with Gasteiger partial charge in [-0.05, 0) is 31.2 Å². The third kappa shape index (κ3) is 3.95. The van der Waals surface area contributed by atoms with Crippen LogP contribution in [0.25, 0.3) is 5.65 Å². The highest BCUT2D eigenvalue weighted by atomic mass is 35.5. The van der Waals surface area contributed by atoms with E-state index >= 15 is 0 Å². The van der Waals surface area contributed by atoms with E-state index in [1.165, 1.54) is 0 Å². The van der Waals surface area contributed by atoms with Gasteiger partial charge in [0.2, 0.25) is 0 Å². The topological polar surface area (TPSA) is 63.0 Å². The summed E-state index contributed by atoms with van der Waals surface area (Å²) in [7, 11) is 0. The minimum Gasteiger partial charge on any atom is -0.462 e. The van der Waals surface area contributed by atoms with Crippen molar-refractivity contribution in [1.82, 2.24) is 19.3 Å². The maximum Gasteiger partial charge on any atom is 0.341 e. The summed E-state index contributed by atoms with van der Waals surface area (Å²) in [4.78, 5) is 25.8. The molecule has 0 atom stereocenters. The average Bonchev–Trinajstić information content (AvgIpc) is 3.10. The monoisotopic (exact) mass is 399 g/mol. The summed E-state index contributed by atoms with van der Waals surface area (Å²) in [5.74, 6) is 0.374. The van der Waals surface area contributed by atoms with Crippen LogP contribution in [0.5, 0.6) is 0 Å². The van der Waals surface area contributed by atoms with Crippen LogP contribution < -0.4 is 4.90 Å². The molecule has 1 saturated heterocycles. The van der Waals surface area contributed by atoms with Crippen molar-refractivity contribution in [3.05, 3.63) is 59.1 Å². The number of rotatable bonds is 5. The maximum atomic E-state index is 12.2. The van der Waals surface area contributed by atoms with Crippen molar-refractivity contribution in [2.24, 2.45) is 0 Å². The van der Waals surface area contributed by atoms with Crippen LogP contribution in [-0.2, 0) is 11.3 Å². The molecular formula is C20H22ClN5O2. The molecule has 0 saturated carbocycles. The number of carbonyl (C=O) groups excluding carboxylic acids is 1. The van der Waals surface area contributed by atoms with Gasteiger partial charge in [0.25, 0.3) is 0 Å². The normalized spacial score (nSPS) is 15.1. The van der Waals surface area contributed by atoms with Crippen LogP contribution in [0.3, 0.4) is 0 Å². The molecule has 146 valence electrons. The van der Waals surface area contributed by atoms with Gasteiger partial charge in [-0.2, -0.15) is 0 Å². The number of carbonyl (C=O) groups is 1. The highest BCUT2D eigenvalue weighted by Crippen LogP contribution is 2.21. The quantitative estimate of drug-likeness (QED) is 0.615. The van der Waals surface area contributed by atoms with Gasteiger partial charge in [0.05, 0.1) is 17.3 Å². The molecule has 0 N–H and O–H groups in total. The lowest BCUT2D eigenvalue weighted by Crippen LogP contribution is -2.46. The summed E-state index contributed by atoms with van der Waals surface area (Å²) in [5.41, 5.74) is 2.43. The van der Waals surface area contributed by atoms with Crippen molar-refractivity contribution in [1.29, 1.82) is 0 Å². The minimum atomic E-state index is -0.323. The molecule has 4 rings (SSSR count). The van der Waals surface area contributed by atoms with Crippen LogP contribution in [-0.4, -0.2) is 58.0 Å². The lowest BCUT2D eigenvalue weighted by molar-refractivity contribution is 0.0526. The number of halogens is 1. The van der Waals surface area contributed by atoms with Crippen molar-refractivity contribution in [2.45, 2.75) is 13.5 Å². The first-order valence-corrected chi connectivity index (χ1v) is 9.74. The van der Waals surface area contributed by atoms with Crippen LogP contribution in [0, 0.1) is 0 Å². The Kier molecular flexibility index (Phi) is 5.45. The molecule has 0 radical (unpaired) electrons. The summed E-state index contributed by atoms with van der Waals surface area (Å²) >= 11 is 6.05. The number of anilines is 1. The number of ether oxygens (including phenoxy) is 1.